The topological polar surface area (TPSA) is 50.2 Å². The van der Waals surface area contributed by atoms with Gasteiger partial charge in [0, 0.05) is 20.1 Å². The quantitative estimate of drug-likeness (QED) is 0.900. The van der Waals surface area contributed by atoms with Crippen LogP contribution in [0.4, 0.5) is 0 Å². The molecule has 5 nitrogen and oxygen atoms in total. The molecule has 2 aromatic heterocycles. The van der Waals surface area contributed by atoms with E-state index in [1.54, 1.807) is 23.1 Å². The minimum atomic E-state index is -0.0837. The molecule has 2 heterocycles. The Labute approximate surface area is 116 Å². The molecule has 0 saturated carbocycles. The normalized spacial score (nSPS) is 10.9. The van der Waals surface area contributed by atoms with Crippen molar-refractivity contribution < 1.29 is 4.79 Å². The van der Waals surface area contributed by atoms with Crippen molar-refractivity contribution >= 4 is 17.2 Å². The number of amides is 1. The highest BCUT2D eigenvalue weighted by molar-refractivity contribution is 7.13. The van der Waals surface area contributed by atoms with Crippen molar-refractivity contribution in [2.24, 2.45) is 7.05 Å². The van der Waals surface area contributed by atoms with Crippen LogP contribution in [0.25, 0.3) is 10.6 Å². The lowest BCUT2D eigenvalue weighted by molar-refractivity contribution is 0.0941. The molecule has 1 N–H and O–H groups in total. The van der Waals surface area contributed by atoms with Crippen LogP contribution in [0.15, 0.2) is 23.6 Å². The number of hydrogen-bond donors (Lipinski definition) is 1. The lowest BCUT2D eigenvalue weighted by atomic mass is 10.3. The number of carbonyl (C=O) groups excluding carboxylic acids is 1. The number of rotatable bonds is 5. The van der Waals surface area contributed by atoms with Gasteiger partial charge in [-0.1, -0.05) is 6.07 Å². The molecule has 0 radical (unpaired) electrons. The number of thiophene rings is 1. The van der Waals surface area contributed by atoms with Gasteiger partial charge in [0.15, 0.2) is 0 Å². The second kappa shape index (κ2) is 5.99. The summed E-state index contributed by atoms with van der Waals surface area (Å²) in [5, 5.41) is 9.27. The van der Waals surface area contributed by atoms with E-state index in [1.165, 1.54) is 0 Å². The number of likely N-dealkylation sites (N-methyl/N-ethyl adjacent to an activating group) is 1. The van der Waals surface area contributed by atoms with Crippen LogP contribution in [-0.4, -0.2) is 47.8 Å². The molecule has 6 heteroatoms. The van der Waals surface area contributed by atoms with Gasteiger partial charge in [0.05, 0.1) is 4.88 Å². The van der Waals surface area contributed by atoms with Crippen LogP contribution in [0.1, 0.15) is 10.5 Å². The van der Waals surface area contributed by atoms with Crippen LogP contribution < -0.4 is 5.32 Å². The van der Waals surface area contributed by atoms with E-state index in [-0.39, 0.29) is 5.91 Å². The third-order valence-electron chi connectivity index (χ3n) is 2.73. The zero-order valence-corrected chi connectivity index (χ0v) is 12.2. The minimum Gasteiger partial charge on any atom is -0.349 e. The molecule has 2 rings (SSSR count). The number of carbonyl (C=O) groups is 1. The fraction of sp³-hybridized carbons (Fsp3) is 0.385. The molecule has 0 spiro atoms. The summed E-state index contributed by atoms with van der Waals surface area (Å²) in [6.07, 6.45) is 0. The van der Waals surface area contributed by atoms with Gasteiger partial charge in [0.25, 0.3) is 5.91 Å². The van der Waals surface area contributed by atoms with E-state index in [9.17, 15) is 4.79 Å². The molecule has 2 aromatic rings. The first-order valence-electron chi connectivity index (χ1n) is 6.09. The van der Waals surface area contributed by atoms with Crippen LogP contribution in [-0.2, 0) is 7.05 Å². The van der Waals surface area contributed by atoms with E-state index in [0.717, 1.165) is 17.1 Å². The van der Waals surface area contributed by atoms with E-state index >= 15 is 0 Å². The summed E-state index contributed by atoms with van der Waals surface area (Å²) in [5.74, 6) is -0.0837. The van der Waals surface area contributed by atoms with Gasteiger partial charge in [-0.15, -0.1) is 11.3 Å². The van der Waals surface area contributed by atoms with Crippen molar-refractivity contribution in [3.8, 4) is 10.6 Å². The molecule has 1 amide bonds. The molecule has 0 unspecified atom stereocenters. The maximum Gasteiger partial charge on any atom is 0.269 e. The van der Waals surface area contributed by atoms with Crippen molar-refractivity contribution in [1.82, 2.24) is 20.0 Å². The number of aromatic nitrogens is 2. The van der Waals surface area contributed by atoms with Crippen molar-refractivity contribution in [2.75, 3.05) is 27.2 Å². The van der Waals surface area contributed by atoms with Crippen LogP contribution >= 0.6 is 11.3 Å². The van der Waals surface area contributed by atoms with Gasteiger partial charge in [0.2, 0.25) is 0 Å². The Balaban J connectivity index is 2.06. The molecule has 0 aliphatic carbocycles. The van der Waals surface area contributed by atoms with E-state index < -0.39 is 0 Å². The second-order valence-electron chi connectivity index (χ2n) is 4.57. The first-order valence-corrected chi connectivity index (χ1v) is 6.96. The predicted octanol–water partition coefficient (Wildman–Crippen LogP) is 1.44. The number of nitrogens with one attached hydrogen (secondary N) is 1. The van der Waals surface area contributed by atoms with E-state index in [4.69, 9.17) is 0 Å². The molecule has 0 saturated heterocycles. The van der Waals surface area contributed by atoms with E-state index in [0.29, 0.717) is 12.2 Å². The number of nitrogens with zero attached hydrogens (tertiary/aromatic N) is 3. The summed E-state index contributed by atoms with van der Waals surface area (Å²) in [7, 11) is 5.74. The largest absolute Gasteiger partial charge is 0.349 e. The van der Waals surface area contributed by atoms with Gasteiger partial charge in [-0.2, -0.15) is 5.10 Å². The van der Waals surface area contributed by atoms with Gasteiger partial charge in [0.1, 0.15) is 11.4 Å². The highest BCUT2D eigenvalue weighted by Gasteiger charge is 2.14. The Morgan fingerprint density at radius 3 is 2.95 bits per heavy atom. The van der Waals surface area contributed by atoms with Gasteiger partial charge >= 0.3 is 0 Å². The number of hydrogen-bond acceptors (Lipinski definition) is 4. The molecule has 0 bridgehead atoms. The monoisotopic (exact) mass is 278 g/mol. The van der Waals surface area contributed by atoms with E-state index in [2.05, 4.69) is 10.4 Å². The highest BCUT2D eigenvalue weighted by Crippen LogP contribution is 2.23. The third kappa shape index (κ3) is 3.42. The summed E-state index contributed by atoms with van der Waals surface area (Å²) in [5.41, 5.74) is 1.43. The van der Waals surface area contributed by atoms with Crippen LogP contribution in [0, 0.1) is 0 Å². The Morgan fingerprint density at radius 1 is 1.53 bits per heavy atom. The SMILES string of the molecule is CN(C)CCNC(=O)c1cc(-c2cccs2)nn1C. The van der Waals surface area contributed by atoms with Crippen LogP contribution in [0.3, 0.4) is 0 Å². The van der Waals surface area contributed by atoms with Gasteiger partial charge in [-0.25, -0.2) is 0 Å². The Morgan fingerprint density at radius 2 is 2.32 bits per heavy atom. The van der Waals surface area contributed by atoms with Gasteiger partial charge in [-0.05, 0) is 31.6 Å². The highest BCUT2D eigenvalue weighted by atomic mass is 32.1. The molecular weight excluding hydrogens is 260 g/mol. The first-order chi connectivity index (χ1) is 9.08. The Kier molecular flexibility index (Phi) is 4.34. The summed E-state index contributed by atoms with van der Waals surface area (Å²) in [4.78, 5) is 15.1. The van der Waals surface area contributed by atoms with Crippen molar-refractivity contribution in [3.05, 3.63) is 29.3 Å². The fourth-order valence-corrected chi connectivity index (χ4v) is 2.39. The van der Waals surface area contributed by atoms with Crippen molar-refractivity contribution in [2.45, 2.75) is 0 Å². The molecular formula is C13H18N4OS. The maximum atomic E-state index is 12.0. The molecule has 0 fully saturated rings. The standard InChI is InChI=1S/C13H18N4OS/c1-16(2)7-6-14-13(18)11-9-10(15-17(11)3)12-5-4-8-19-12/h4-5,8-9H,6-7H2,1-3H3,(H,14,18). The lowest BCUT2D eigenvalue weighted by Crippen LogP contribution is -2.32. The van der Waals surface area contributed by atoms with Crippen LogP contribution in [0.2, 0.25) is 0 Å². The number of aryl methyl sites for hydroxylation is 1. The summed E-state index contributed by atoms with van der Waals surface area (Å²) >= 11 is 1.62. The van der Waals surface area contributed by atoms with Gasteiger partial charge in [-0.3, -0.25) is 9.48 Å². The minimum absolute atomic E-state index is 0.0837. The Hall–Kier alpha value is -1.66. The summed E-state index contributed by atoms with van der Waals surface area (Å²) in [6.45, 7) is 1.45. The lowest BCUT2D eigenvalue weighted by Gasteiger charge is -2.10. The summed E-state index contributed by atoms with van der Waals surface area (Å²) < 4.78 is 1.63. The van der Waals surface area contributed by atoms with Crippen LogP contribution in [0.5, 0.6) is 0 Å². The molecule has 19 heavy (non-hydrogen) atoms. The molecule has 0 aromatic carbocycles. The predicted molar refractivity (Wildman–Crippen MR) is 77.4 cm³/mol. The second-order valence-corrected chi connectivity index (χ2v) is 5.52. The van der Waals surface area contributed by atoms with Crippen molar-refractivity contribution in [1.29, 1.82) is 0 Å². The molecule has 0 aliphatic heterocycles. The smallest absolute Gasteiger partial charge is 0.269 e. The van der Waals surface area contributed by atoms with Gasteiger partial charge < -0.3 is 10.2 Å². The average Bonchev–Trinajstić information content (AvgIpc) is 2.96. The third-order valence-corrected chi connectivity index (χ3v) is 3.62. The average molecular weight is 278 g/mol. The maximum absolute atomic E-state index is 12.0. The molecule has 102 valence electrons. The van der Waals surface area contributed by atoms with E-state index in [1.807, 2.05) is 42.6 Å². The Bertz CT molecular complexity index is 545. The molecule has 0 aliphatic rings. The summed E-state index contributed by atoms with van der Waals surface area (Å²) in [6, 6.07) is 5.81. The molecule has 0 atom stereocenters. The zero-order valence-electron chi connectivity index (χ0n) is 11.4. The first kappa shape index (κ1) is 13.8. The van der Waals surface area contributed by atoms with Crippen molar-refractivity contribution in [3.63, 3.8) is 0 Å². The fourth-order valence-electron chi connectivity index (χ4n) is 1.71. The zero-order chi connectivity index (χ0) is 13.8.